The molecule has 1 aliphatic heterocycles. The van der Waals surface area contributed by atoms with Crippen LogP contribution in [0.25, 0.3) is 0 Å². The highest BCUT2D eigenvalue weighted by atomic mass is 32.2. The maximum Gasteiger partial charge on any atom is 0.238 e. The van der Waals surface area contributed by atoms with Gasteiger partial charge in [-0.25, -0.2) is 8.42 Å². The molecular weight excluding hydrogens is 308 g/mol. The second kappa shape index (κ2) is 6.57. The third-order valence-corrected chi connectivity index (χ3v) is 4.24. The molecule has 0 aromatic carbocycles. The average molecular weight is 328 g/mol. The quantitative estimate of drug-likeness (QED) is 0.515. The predicted molar refractivity (Wildman–Crippen MR) is 79.9 cm³/mol. The van der Waals surface area contributed by atoms with Crippen molar-refractivity contribution in [2.24, 2.45) is 7.05 Å². The summed E-state index contributed by atoms with van der Waals surface area (Å²) in [5.41, 5.74) is 1.61. The van der Waals surface area contributed by atoms with Crippen LogP contribution in [0.5, 0.6) is 0 Å². The van der Waals surface area contributed by atoms with Crippen molar-refractivity contribution < 1.29 is 17.9 Å². The van der Waals surface area contributed by atoms with Crippen molar-refractivity contribution in [1.29, 1.82) is 0 Å². The highest BCUT2D eigenvalue weighted by Gasteiger charge is 2.35. The van der Waals surface area contributed by atoms with Crippen molar-refractivity contribution in [3.8, 4) is 0 Å². The first-order chi connectivity index (χ1) is 10.3. The van der Waals surface area contributed by atoms with E-state index in [-0.39, 0.29) is 6.61 Å². The molecule has 2 heterocycles. The average Bonchev–Trinajstić information content (AvgIpc) is 2.79. The topological polar surface area (TPSA) is 94.4 Å². The molecule has 0 fully saturated rings. The van der Waals surface area contributed by atoms with Gasteiger partial charge in [0, 0.05) is 26.3 Å². The lowest BCUT2D eigenvalue weighted by Crippen LogP contribution is -2.44. The van der Waals surface area contributed by atoms with Crippen molar-refractivity contribution in [2.45, 2.75) is 12.5 Å². The number of carbonyl (C=O) groups excluding carboxylic acids is 1. The molecule has 9 heteroatoms. The lowest BCUT2D eigenvalue weighted by atomic mass is 10.0. The molecule has 0 saturated carbocycles. The smallest absolute Gasteiger partial charge is 0.238 e. The van der Waals surface area contributed by atoms with E-state index in [1.807, 2.05) is 0 Å². The number of sulfone groups is 1. The van der Waals surface area contributed by atoms with Gasteiger partial charge in [-0.3, -0.25) is 9.48 Å². The summed E-state index contributed by atoms with van der Waals surface area (Å²) in [4.78, 5) is 13.8. The Morgan fingerprint density at radius 2 is 2.27 bits per heavy atom. The van der Waals surface area contributed by atoms with Crippen LogP contribution in [0.3, 0.4) is 0 Å². The van der Waals surface area contributed by atoms with Crippen molar-refractivity contribution in [1.82, 2.24) is 19.9 Å². The van der Waals surface area contributed by atoms with Crippen LogP contribution < -0.4 is 0 Å². The van der Waals surface area contributed by atoms with Gasteiger partial charge in [0.15, 0.2) is 9.84 Å². The number of aryl methyl sites for hydroxylation is 1. The van der Waals surface area contributed by atoms with Crippen molar-refractivity contribution in [3.05, 3.63) is 24.0 Å². The van der Waals surface area contributed by atoms with Crippen LogP contribution in [0, 0.1) is 0 Å². The van der Waals surface area contributed by atoms with Crippen molar-refractivity contribution >= 4 is 15.7 Å². The number of ether oxygens (including phenoxy) is 1. The number of nitrogens with zero attached hydrogens (tertiary/aromatic N) is 4. The summed E-state index contributed by atoms with van der Waals surface area (Å²) in [6.45, 7) is 4.58. The Morgan fingerprint density at radius 3 is 2.91 bits per heavy atom. The van der Waals surface area contributed by atoms with Gasteiger partial charge in [0.05, 0.1) is 18.9 Å². The van der Waals surface area contributed by atoms with E-state index in [2.05, 4.69) is 16.9 Å². The number of amides is 1. The molecule has 0 aliphatic carbocycles. The zero-order valence-electron chi connectivity index (χ0n) is 12.7. The normalized spacial score (nSPS) is 18.1. The van der Waals surface area contributed by atoms with Crippen LogP contribution in [-0.2, 0) is 32.8 Å². The minimum atomic E-state index is -3.38. The fraction of sp³-hybridized carbons (Fsp3) is 0.615. The molecule has 1 unspecified atom stereocenters. The Balaban J connectivity index is 2.24. The van der Waals surface area contributed by atoms with Gasteiger partial charge >= 0.3 is 0 Å². The molecule has 2 rings (SSSR count). The van der Waals surface area contributed by atoms with Crippen LogP contribution >= 0.6 is 0 Å². The van der Waals surface area contributed by atoms with Crippen LogP contribution in [0.15, 0.2) is 12.7 Å². The monoisotopic (exact) mass is 328 g/mol. The van der Waals surface area contributed by atoms with Gasteiger partial charge in [-0.05, 0) is 0 Å². The maximum atomic E-state index is 12.3. The summed E-state index contributed by atoms with van der Waals surface area (Å²) in [6.07, 6.45) is 3.25. The molecule has 1 aliphatic rings. The van der Waals surface area contributed by atoms with Gasteiger partial charge in [-0.1, -0.05) is 11.3 Å². The Morgan fingerprint density at radius 1 is 1.55 bits per heavy atom. The van der Waals surface area contributed by atoms with Gasteiger partial charge in [0.1, 0.15) is 17.5 Å². The zero-order chi connectivity index (χ0) is 16.3. The maximum absolute atomic E-state index is 12.3. The number of rotatable bonds is 6. The Labute approximate surface area is 129 Å². The van der Waals surface area contributed by atoms with E-state index in [1.54, 1.807) is 17.8 Å². The first kappa shape index (κ1) is 16.6. The van der Waals surface area contributed by atoms with Crippen LogP contribution in [0.1, 0.15) is 17.4 Å². The number of hydrogen-bond acceptors (Lipinski definition) is 6. The summed E-state index contributed by atoms with van der Waals surface area (Å²) >= 11 is 0. The molecule has 0 N–H and O–H groups in total. The largest absolute Gasteiger partial charge is 0.375 e. The summed E-state index contributed by atoms with van der Waals surface area (Å²) in [7, 11) is -1.59. The number of fused-ring (bicyclic) bond motifs is 1. The lowest BCUT2D eigenvalue weighted by Gasteiger charge is -2.34. The molecule has 1 aromatic rings. The molecule has 0 bridgehead atoms. The molecule has 1 amide bonds. The highest BCUT2D eigenvalue weighted by molar-refractivity contribution is 7.91. The lowest BCUT2D eigenvalue weighted by molar-refractivity contribution is -0.132. The second-order valence-electron chi connectivity index (χ2n) is 5.29. The molecule has 22 heavy (non-hydrogen) atoms. The molecule has 0 saturated heterocycles. The van der Waals surface area contributed by atoms with Crippen molar-refractivity contribution in [2.75, 3.05) is 31.8 Å². The standard InChI is InChI=1S/C13H20N4O4S/c1-4-7-21-8-11-13-10(16(2)15-14-13)5-6-17(11)12(18)9-22(3,19)20/h4,11H,1,5-9H2,2-3H3. The highest BCUT2D eigenvalue weighted by Crippen LogP contribution is 2.28. The van der Waals surface area contributed by atoms with Crippen LogP contribution in [-0.4, -0.2) is 66.0 Å². The first-order valence-corrected chi connectivity index (χ1v) is 8.94. The summed E-state index contributed by atoms with van der Waals surface area (Å²) in [5.74, 6) is -0.952. The number of carbonyl (C=O) groups is 1. The molecule has 0 spiro atoms. The third kappa shape index (κ3) is 3.72. The third-order valence-electron chi connectivity index (χ3n) is 3.47. The predicted octanol–water partition coefficient (Wildman–Crippen LogP) is -0.512. The number of aromatic nitrogens is 3. The van der Waals surface area contributed by atoms with E-state index in [0.29, 0.717) is 25.3 Å². The Kier molecular flexibility index (Phi) is 4.97. The van der Waals surface area contributed by atoms with E-state index < -0.39 is 27.5 Å². The van der Waals surface area contributed by atoms with Gasteiger partial charge in [0.2, 0.25) is 5.91 Å². The van der Waals surface area contributed by atoms with E-state index in [0.717, 1.165) is 11.9 Å². The molecule has 122 valence electrons. The molecule has 8 nitrogen and oxygen atoms in total. The van der Waals surface area contributed by atoms with Crippen molar-refractivity contribution in [3.63, 3.8) is 0 Å². The fourth-order valence-electron chi connectivity index (χ4n) is 2.51. The van der Waals surface area contributed by atoms with Gasteiger partial charge in [0.25, 0.3) is 0 Å². The first-order valence-electron chi connectivity index (χ1n) is 6.87. The summed E-state index contributed by atoms with van der Waals surface area (Å²) in [5, 5.41) is 8.09. The molecule has 1 atom stereocenters. The second-order valence-corrected chi connectivity index (χ2v) is 7.43. The van der Waals surface area contributed by atoms with E-state index in [9.17, 15) is 13.2 Å². The summed E-state index contributed by atoms with van der Waals surface area (Å²) < 4.78 is 29.9. The molecule has 1 aromatic heterocycles. The van der Waals surface area contributed by atoms with Gasteiger partial charge < -0.3 is 9.64 Å². The Hall–Kier alpha value is -1.74. The van der Waals surface area contributed by atoms with Gasteiger partial charge in [-0.2, -0.15) is 0 Å². The number of hydrogen-bond donors (Lipinski definition) is 0. The minimum Gasteiger partial charge on any atom is -0.375 e. The van der Waals surface area contributed by atoms with Gasteiger partial charge in [-0.15, -0.1) is 11.7 Å². The minimum absolute atomic E-state index is 0.229. The Bertz CT molecular complexity index is 668. The van der Waals surface area contributed by atoms with Crippen LogP contribution in [0.2, 0.25) is 0 Å². The molecule has 0 radical (unpaired) electrons. The van der Waals surface area contributed by atoms with E-state index in [4.69, 9.17) is 4.74 Å². The zero-order valence-corrected chi connectivity index (χ0v) is 13.5. The van der Waals surface area contributed by atoms with E-state index in [1.165, 1.54) is 4.90 Å². The van der Waals surface area contributed by atoms with Crippen LogP contribution in [0.4, 0.5) is 0 Å². The fourth-order valence-corrected chi connectivity index (χ4v) is 3.12. The van der Waals surface area contributed by atoms with E-state index >= 15 is 0 Å². The summed E-state index contributed by atoms with van der Waals surface area (Å²) in [6, 6.07) is -0.424. The SMILES string of the molecule is C=CCOCC1c2nnn(C)c2CCN1C(=O)CS(C)(=O)=O. The molecular formula is C13H20N4O4S.